The van der Waals surface area contributed by atoms with Gasteiger partial charge in [-0.05, 0) is 11.4 Å². The second kappa shape index (κ2) is 16.7. The Morgan fingerprint density at radius 1 is 1.56 bits per heavy atom. The third-order valence-corrected chi connectivity index (χ3v) is 1.22. The molecule has 0 rings (SSSR count). The van der Waals surface area contributed by atoms with Crippen molar-refractivity contribution < 1.29 is 33.1 Å². The molecule has 0 aliphatic rings. The summed E-state index contributed by atoms with van der Waals surface area (Å²) in [6, 6.07) is 0. The van der Waals surface area contributed by atoms with E-state index in [4.69, 9.17) is 22.8 Å². The fourth-order valence-electron chi connectivity index (χ4n) is 0.204. The number of halogens is 3. The van der Waals surface area contributed by atoms with Gasteiger partial charge in [-0.1, -0.05) is 4.73 Å². The number of hydrogen-bond acceptors (Lipinski definition) is 5. The molecule has 0 aliphatic carbocycles. The third kappa shape index (κ3) is 19.9. The van der Waals surface area contributed by atoms with E-state index in [1.54, 1.807) is 0 Å². The number of aliphatic hydroxyl groups is 1. The molecule has 0 saturated carbocycles. The van der Waals surface area contributed by atoms with Crippen LogP contribution >= 0.6 is 20.6 Å². The van der Waals surface area contributed by atoms with Crippen LogP contribution in [0.15, 0.2) is 0 Å². The van der Waals surface area contributed by atoms with Crippen LogP contribution in [0.3, 0.4) is 0 Å². The van der Waals surface area contributed by atoms with Crippen LogP contribution in [-0.4, -0.2) is 120 Å². The van der Waals surface area contributed by atoms with E-state index in [0.717, 1.165) is 6.92 Å². The Bertz CT molecular complexity index is 224. The van der Waals surface area contributed by atoms with Crippen molar-refractivity contribution in [2.24, 2.45) is 0 Å². The van der Waals surface area contributed by atoms with Crippen LogP contribution in [0.4, 0.5) is 4.53 Å². The molecular weight excluding hydrogens is 356 g/mol. The van der Waals surface area contributed by atoms with Crippen molar-refractivity contribution in [1.82, 2.24) is 0 Å². The van der Waals surface area contributed by atoms with E-state index in [-0.39, 0.29) is 67.3 Å². The number of carbonyl (C=O) groups excluding carboxylic acids is 1. The average molecular weight is 365 g/mol. The van der Waals surface area contributed by atoms with Gasteiger partial charge in [0.15, 0.2) is 0 Å². The Balaban J connectivity index is -0.000000129. The minimum atomic E-state index is -4.96. The van der Waals surface area contributed by atoms with Gasteiger partial charge in [-0.25, -0.2) is 9.36 Å². The van der Waals surface area contributed by atoms with Crippen molar-refractivity contribution in [2.75, 3.05) is 0 Å². The monoisotopic (exact) mass is 364 g/mol. The van der Waals surface area contributed by atoms with E-state index in [0.29, 0.717) is 0 Å². The summed E-state index contributed by atoms with van der Waals surface area (Å²) in [5.41, 5.74) is 0. The molecule has 13 heteroatoms. The van der Waals surface area contributed by atoms with Crippen LogP contribution in [0, 0.1) is 0 Å². The predicted octanol–water partition coefficient (Wildman–Crippen LogP) is -0.655. The predicted molar refractivity (Wildman–Crippen MR) is 62.9 cm³/mol. The molecule has 0 aliphatic heterocycles. The molecule has 0 bridgehead atoms. The maximum absolute atomic E-state index is 11.0. The molecule has 6 nitrogen and oxygen atoms in total. The molecule has 0 fully saturated rings. The third-order valence-electron chi connectivity index (χ3n) is 0.634. The van der Waals surface area contributed by atoms with Crippen LogP contribution in [0.25, 0.3) is 0 Å². The van der Waals surface area contributed by atoms with Gasteiger partial charge in [-0.3, -0.25) is 4.89 Å². The molecule has 16 heavy (non-hydrogen) atoms. The zero-order valence-electron chi connectivity index (χ0n) is 6.89. The van der Waals surface area contributed by atoms with Crippen molar-refractivity contribution in [3.63, 3.8) is 0 Å². The number of aliphatic hydroxyl groups excluding tert-OH is 1. The van der Waals surface area contributed by atoms with Crippen molar-refractivity contribution in [1.29, 1.82) is 0 Å². The summed E-state index contributed by atoms with van der Waals surface area (Å²) < 4.78 is 27.0. The Kier molecular flexibility index (Phi) is 29.0. The molecule has 2 N–H and O–H groups in total. The van der Waals surface area contributed by atoms with Crippen LogP contribution in [-0.2, 0) is 18.6 Å². The van der Waals surface area contributed by atoms with Crippen LogP contribution < -0.4 is 0 Å². The molecular formula is C3H9Ca2Cl2FNaO6P. The standard InChI is InChI=1S/C3H6FO6P.2Ca.2ClH.Na.3H/c1-2(5)3(6)9-11(7,8)10-4;;;;;;;;/h2,5H,1H3,(H,7,8);;;2*1H;;;;/q;;+2;;;;;;/p-2. The first-order chi connectivity index (χ1) is 6.30. The van der Waals surface area contributed by atoms with Gasteiger partial charge in [0.05, 0.1) is 0 Å². The molecule has 0 aromatic heterocycles. The molecule has 0 saturated heterocycles. The number of carbonyl (C=O) groups is 1. The number of phosphoric acid groups is 1. The van der Waals surface area contributed by atoms with Crippen molar-refractivity contribution in [3.05, 3.63) is 0 Å². The summed E-state index contributed by atoms with van der Waals surface area (Å²) >= 11 is -0.931. The second-order valence-corrected chi connectivity index (χ2v) is 6.63. The molecule has 0 heterocycles. The van der Waals surface area contributed by atoms with Gasteiger partial charge in [0.2, 0.25) is 0 Å². The van der Waals surface area contributed by atoms with Gasteiger partial charge in [-0.2, -0.15) is 0 Å². The van der Waals surface area contributed by atoms with Gasteiger partial charge in [0, 0.05) is 0 Å². The van der Waals surface area contributed by atoms with Crippen molar-refractivity contribution in [3.8, 4) is 0 Å². The molecule has 0 spiro atoms. The summed E-state index contributed by atoms with van der Waals surface area (Å²) in [4.78, 5) is 18.4. The summed E-state index contributed by atoms with van der Waals surface area (Å²) in [7, 11) is -4.96. The summed E-state index contributed by atoms with van der Waals surface area (Å²) in [6.07, 6.45) is 8.30. The minimum absolute atomic E-state index is 0. The second-order valence-electron chi connectivity index (χ2n) is 1.72. The Labute approximate surface area is 167 Å². The fraction of sp³-hybridized carbons (Fsp3) is 0.667. The summed E-state index contributed by atoms with van der Waals surface area (Å²) in [5.74, 6) is -1.44. The van der Waals surface area contributed by atoms with Gasteiger partial charge in [0.25, 0.3) is 0 Å². The normalized spacial score (nSPS) is 13.4. The Morgan fingerprint density at radius 3 is 2.06 bits per heavy atom. The van der Waals surface area contributed by atoms with E-state index in [1.165, 1.54) is 0 Å². The van der Waals surface area contributed by atoms with Gasteiger partial charge < -0.3 is 9.63 Å². The Hall–Kier alpha value is 3.61. The average Bonchev–Trinajstić information content (AvgIpc) is 2.05. The van der Waals surface area contributed by atoms with Crippen molar-refractivity contribution >= 4 is 125 Å². The molecule has 0 radical (unpaired) electrons. The number of hydrogen-bond donors (Lipinski definition) is 2. The van der Waals surface area contributed by atoms with E-state index >= 15 is 0 Å². The molecule has 2 atom stereocenters. The number of rotatable bonds is 3. The summed E-state index contributed by atoms with van der Waals surface area (Å²) in [6.45, 7) is 0.987. The van der Waals surface area contributed by atoms with E-state index in [9.17, 15) is 13.9 Å². The van der Waals surface area contributed by atoms with E-state index < -0.39 is 50.7 Å². The first-order valence-electron chi connectivity index (χ1n) is 2.97. The molecule has 0 aromatic rings. The van der Waals surface area contributed by atoms with Crippen LogP contribution in [0.5, 0.6) is 0 Å². The molecule has 0 amide bonds. The van der Waals surface area contributed by atoms with Crippen molar-refractivity contribution in [2.45, 2.75) is 13.0 Å². The zero-order valence-corrected chi connectivity index (χ0v) is 11.5. The van der Waals surface area contributed by atoms with E-state index in [2.05, 4.69) is 9.25 Å². The van der Waals surface area contributed by atoms with Gasteiger partial charge in [0.1, 0.15) is 6.10 Å². The summed E-state index contributed by atoms with van der Waals surface area (Å²) in [5, 5.41) is 8.39. The quantitative estimate of drug-likeness (QED) is 0.510. The molecule has 88 valence electrons. The topological polar surface area (TPSA) is 93.1 Å². The van der Waals surface area contributed by atoms with Gasteiger partial charge in [-0.15, -0.1) is 0 Å². The Morgan fingerprint density at radius 2 is 1.88 bits per heavy atom. The molecule has 0 aromatic carbocycles. The SMILES string of the molecule is CC(O)C(=O)OP(=O)(O)OF.[CaH2].[Cl][Ca][Cl].[NaH]. The first-order valence-corrected chi connectivity index (χ1v) is 10.5. The van der Waals surface area contributed by atoms with E-state index in [1.807, 2.05) is 0 Å². The maximum atomic E-state index is 11.0. The first kappa shape index (κ1) is 27.9. The fourth-order valence-corrected chi connectivity index (χ4v) is 0.612. The van der Waals surface area contributed by atoms with Crippen LogP contribution in [0.1, 0.15) is 6.92 Å². The van der Waals surface area contributed by atoms with Gasteiger partial charge >= 0.3 is 125 Å². The zero-order chi connectivity index (χ0) is 11.8. The van der Waals surface area contributed by atoms with Crippen LogP contribution in [0.2, 0.25) is 0 Å². The molecule has 2 unspecified atom stereocenters. The number of phosphoric ester groups is 1.